The molecule has 0 radical (unpaired) electrons. The average molecular weight is 374 g/mol. The van der Waals surface area contributed by atoms with E-state index in [2.05, 4.69) is 12.2 Å². The van der Waals surface area contributed by atoms with Crippen LogP contribution in [0, 0.1) is 5.92 Å². The van der Waals surface area contributed by atoms with Gasteiger partial charge in [0.2, 0.25) is 0 Å². The van der Waals surface area contributed by atoms with Gasteiger partial charge in [-0.05, 0) is 30.7 Å². The number of quaternary nitrogens is 1. The first-order valence-corrected chi connectivity index (χ1v) is 10.2. The van der Waals surface area contributed by atoms with E-state index < -0.39 is 6.10 Å². The Hall–Kier alpha value is -1.69. The van der Waals surface area contributed by atoms with E-state index in [1.165, 1.54) is 4.90 Å². The Morgan fingerprint density at radius 2 is 2.04 bits per heavy atom. The molecule has 3 rings (SSSR count). The van der Waals surface area contributed by atoms with Crippen LogP contribution in [-0.4, -0.2) is 63.9 Å². The maximum absolute atomic E-state index is 13.4. The highest BCUT2D eigenvalue weighted by atomic mass is 16.5. The quantitative estimate of drug-likeness (QED) is 0.702. The highest BCUT2D eigenvalue weighted by Gasteiger charge is 2.29. The molecule has 1 heterocycles. The van der Waals surface area contributed by atoms with Crippen LogP contribution in [0.3, 0.4) is 0 Å². The fraction of sp³-hybridized carbons (Fsp3) is 0.591. The normalized spacial score (nSPS) is 21.7. The number of carbonyl (C=O) groups excluding carboxylic acids is 1. The first-order valence-electron chi connectivity index (χ1n) is 10.2. The molecule has 2 atom stereocenters. The number of rotatable bonds is 8. The summed E-state index contributed by atoms with van der Waals surface area (Å²) in [7, 11) is 1.63. The van der Waals surface area contributed by atoms with E-state index >= 15 is 0 Å². The van der Waals surface area contributed by atoms with Gasteiger partial charge in [-0.1, -0.05) is 42.5 Å². The lowest BCUT2D eigenvalue weighted by molar-refractivity contribution is -0.907. The zero-order valence-corrected chi connectivity index (χ0v) is 16.4. The molecule has 0 saturated carbocycles. The van der Waals surface area contributed by atoms with E-state index in [0.717, 1.165) is 70.8 Å². The van der Waals surface area contributed by atoms with Gasteiger partial charge in [0.05, 0.1) is 26.3 Å². The number of allylic oxidation sites excluding steroid dienone is 2. The smallest absolute Gasteiger partial charge is 0.256 e. The van der Waals surface area contributed by atoms with Crippen LogP contribution in [0.15, 0.2) is 42.5 Å². The third-order valence-electron chi connectivity index (χ3n) is 5.67. The second-order valence-electron chi connectivity index (χ2n) is 7.57. The Bertz CT molecular complexity index is 599. The number of hydrogen-bond donors (Lipinski definition) is 1. The minimum absolute atomic E-state index is 0.0888. The SMILES string of the molecule is CO[C@H](C(=O)N(CC[NH+]1CCOCC1)C[C@@H]1CC=CCC1)c1ccccc1. The molecule has 1 fully saturated rings. The van der Waals surface area contributed by atoms with Crippen LogP contribution in [0.5, 0.6) is 0 Å². The molecular weight excluding hydrogens is 340 g/mol. The van der Waals surface area contributed by atoms with E-state index in [-0.39, 0.29) is 5.91 Å². The summed E-state index contributed by atoms with van der Waals surface area (Å²) in [5, 5.41) is 0. The van der Waals surface area contributed by atoms with Crippen molar-refractivity contribution in [2.24, 2.45) is 5.92 Å². The van der Waals surface area contributed by atoms with Crippen LogP contribution in [0.1, 0.15) is 30.9 Å². The number of morpholine rings is 1. The van der Waals surface area contributed by atoms with Gasteiger partial charge in [-0.2, -0.15) is 0 Å². The van der Waals surface area contributed by atoms with Crippen molar-refractivity contribution in [2.75, 3.05) is 53.0 Å². The van der Waals surface area contributed by atoms with Gasteiger partial charge in [0.1, 0.15) is 13.1 Å². The van der Waals surface area contributed by atoms with E-state index in [1.807, 2.05) is 35.2 Å². The van der Waals surface area contributed by atoms with Crippen LogP contribution in [0.4, 0.5) is 0 Å². The van der Waals surface area contributed by atoms with Gasteiger partial charge in [0.25, 0.3) is 5.91 Å². The molecule has 1 aliphatic heterocycles. The molecule has 1 aromatic carbocycles. The van der Waals surface area contributed by atoms with Crippen molar-refractivity contribution in [1.82, 2.24) is 4.90 Å². The van der Waals surface area contributed by atoms with Crippen molar-refractivity contribution in [3.63, 3.8) is 0 Å². The van der Waals surface area contributed by atoms with Gasteiger partial charge >= 0.3 is 0 Å². The summed E-state index contributed by atoms with van der Waals surface area (Å²) in [6.45, 7) is 6.27. The lowest BCUT2D eigenvalue weighted by Crippen LogP contribution is -3.14. The molecule has 1 N–H and O–H groups in total. The Kier molecular flexibility index (Phi) is 7.87. The van der Waals surface area contributed by atoms with Crippen LogP contribution < -0.4 is 4.90 Å². The Morgan fingerprint density at radius 3 is 2.70 bits per heavy atom. The molecular formula is C22H33N2O3+. The fourth-order valence-corrected chi connectivity index (χ4v) is 4.00. The summed E-state index contributed by atoms with van der Waals surface area (Å²) in [5.41, 5.74) is 0.928. The summed E-state index contributed by atoms with van der Waals surface area (Å²) in [6.07, 6.45) is 7.33. The van der Waals surface area contributed by atoms with E-state index in [4.69, 9.17) is 9.47 Å². The number of hydrogen-bond acceptors (Lipinski definition) is 3. The topological polar surface area (TPSA) is 43.2 Å². The molecule has 27 heavy (non-hydrogen) atoms. The van der Waals surface area contributed by atoms with Crippen molar-refractivity contribution in [2.45, 2.75) is 25.4 Å². The number of ether oxygens (including phenoxy) is 2. The van der Waals surface area contributed by atoms with Gasteiger partial charge in [-0.25, -0.2) is 0 Å². The molecule has 0 unspecified atom stereocenters. The molecule has 2 aliphatic rings. The molecule has 0 bridgehead atoms. The van der Waals surface area contributed by atoms with Crippen molar-refractivity contribution < 1.29 is 19.2 Å². The lowest BCUT2D eigenvalue weighted by atomic mass is 9.93. The molecule has 5 nitrogen and oxygen atoms in total. The van der Waals surface area contributed by atoms with Crippen LogP contribution in [0.25, 0.3) is 0 Å². The second kappa shape index (κ2) is 10.6. The van der Waals surface area contributed by atoms with E-state index in [0.29, 0.717) is 5.92 Å². The standard InChI is InChI=1S/C22H32N2O3/c1-26-21(20-10-6-3-7-11-20)22(25)24(18-19-8-4-2-5-9-19)13-12-23-14-16-27-17-15-23/h2-4,6-7,10-11,19,21H,5,8-9,12-18H2,1H3/p+1/t19-,21+/m1/s1. The first-order chi connectivity index (χ1) is 13.3. The average Bonchev–Trinajstić information content (AvgIpc) is 2.74. The summed E-state index contributed by atoms with van der Waals surface area (Å²) in [4.78, 5) is 16.9. The number of methoxy groups -OCH3 is 1. The third kappa shape index (κ3) is 5.89. The number of carbonyl (C=O) groups is 1. The number of nitrogens with zero attached hydrogens (tertiary/aromatic N) is 1. The van der Waals surface area contributed by atoms with Gasteiger partial charge in [-0.3, -0.25) is 4.79 Å². The highest BCUT2D eigenvalue weighted by Crippen LogP contribution is 2.23. The monoisotopic (exact) mass is 373 g/mol. The molecule has 1 saturated heterocycles. The summed E-state index contributed by atoms with van der Waals surface area (Å²) in [5.74, 6) is 0.637. The highest BCUT2D eigenvalue weighted by molar-refractivity contribution is 5.82. The molecule has 1 aliphatic carbocycles. The van der Waals surface area contributed by atoms with Crippen molar-refractivity contribution >= 4 is 5.91 Å². The van der Waals surface area contributed by atoms with Crippen LogP contribution >= 0.6 is 0 Å². The van der Waals surface area contributed by atoms with Gasteiger partial charge < -0.3 is 19.3 Å². The maximum Gasteiger partial charge on any atom is 0.256 e. The van der Waals surface area contributed by atoms with Crippen molar-refractivity contribution in [3.05, 3.63) is 48.0 Å². The summed E-state index contributed by atoms with van der Waals surface area (Å²) >= 11 is 0. The number of nitrogens with one attached hydrogen (secondary N) is 1. The predicted molar refractivity (Wildman–Crippen MR) is 106 cm³/mol. The lowest BCUT2D eigenvalue weighted by Gasteiger charge is -2.32. The zero-order chi connectivity index (χ0) is 18.9. The van der Waals surface area contributed by atoms with E-state index in [9.17, 15) is 4.79 Å². The molecule has 5 heteroatoms. The van der Waals surface area contributed by atoms with Gasteiger partial charge in [0, 0.05) is 13.7 Å². The molecule has 0 aromatic heterocycles. The van der Waals surface area contributed by atoms with Gasteiger partial charge in [-0.15, -0.1) is 0 Å². The first kappa shape index (κ1) is 20.1. The second-order valence-corrected chi connectivity index (χ2v) is 7.57. The van der Waals surface area contributed by atoms with E-state index in [1.54, 1.807) is 7.11 Å². The Morgan fingerprint density at radius 1 is 1.26 bits per heavy atom. The number of amides is 1. The largest absolute Gasteiger partial charge is 0.370 e. The van der Waals surface area contributed by atoms with Crippen molar-refractivity contribution in [3.8, 4) is 0 Å². The molecule has 1 amide bonds. The minimum atomic E-state index is -0.523. The van der Waals surface area contributed by atoms with Crippen LogP contribution in [-0.2, 0) is 14.3 Å². The third-order valence-corrected chi connectivity index (χ3v) is 5.67. The maximum atomic E-state index is 13.4. The minimum Gasteiger partial charge on any atom is -0.370 e. The zero-order valence-electron chi connectivity index (χ0n) is 16.4. The Balaban J connectivity index is 1.68. The Labute approximate surface area is 162 Å². The molecule has 148 valence electrons. The predicted octanol–water partition coefficient (Wildman–Crippen LogP) is 1.47. The van der Waals surface area contributed by atoms with Crippen LogP contribution in [0.2, 0.25) is 0 Å². The van der Waals surface area contributed by atoms with Gasteiger partial charge in [0.15, 0.2) is 6.10 Å². The summed E-state index contributed by atoms with van der Waals surface area (Å²) < 4.78 is 11.1. The summed E-state index contributed by atoms with van der Waals surface area (Å²) in [6, 6.07) is 9.84. The molecule has 1 aromatic rings. The number of benzene rings is 1. The fourth-order valence-electron chi connectivity index (χ4n) is 4.00. The molecule has 0 spiro atoms. The van der Waals surface area contributed by atoms with Crippen molar-refractivity contribution in [1.29, 1.82) is 0 Å².